The highest BCUT2D eigenvalue weighted by Crippen LogP contribution is 2.31. The van der Waals surface area contributed by atoms with Gasteiger partial charge in [-0.25, -0.2) is 19.0 Å². The monoisotopic (exact) mass is 667 g/mol. The Bertz CT molecular complexity index is 1910. The summed E-state index contributed by atoms with van der Waals surface area (Å²) < 4.78 is 35.5. The molecule has 3 heterocycles. The number of nitrogens with one attached hydrogen (secondary N) is 1. The maximum Gasteiger partial charge on any atom is 0.512 e. The van der Waals surface area contributed by atoms with Gasteiger partial charge in [0.05, 0.1) is 0 Å². The van der Waals surface area contributed by atoms with E-state index in [2.05, 4.69) is 20.4 Å². The van der Waals surface area contributed by atoms with E-state index in [9.17, 15) is 23.9 Å². The number of carbonyl (C=O) groups excluding carboxylic acids is 2. The van der Waals surface area contributed by atoms with E-state index < -0.39 is 36.4 Å². The summed E-state index contributed by atoms with van der Waals surface area (Å²) in [6, 6.07) is 26.4. The molecule has 1 saturated heterocycles. The van der Waals surface area contributed by atoms with Gasteiger partial charge in [0.15, 0.2) is 6.61 Å². The third-order valence-corrected chi connectivity index (χ3v) is 7.76. The Labute approximate surface area is 279 Å². The number of pyridine rings is 1. The number of carboxylic acid groups (broad SMARTS) is 1. The average Bonchev–Trinajstić information content (AvgIpc) is 3.60. The summed E-state index contributed by atoms with van der Waals surface area (Å²) in [6.07, 6.45) is -1.26. The zero-order valence-electron chi connectivity index (χ0n) is 26.0. The summed E-state index contributed by atoms with van der Waals surface area (Å²) in [5, 5.41) is 15.8. The van der Waals surface area contributed by atoms with Crippen molar-refractivity contribution < 1.29 is 42.6 Å². The van der Waals surface area contributed by atoms with Gasteiger partial charge in [0.1, 0.15) is 11.6 Å². The van der Waals surface area contributed by atoms with Crippen molar-refractivity contribution in [2.75, 3.05) is 25.0 Å². The Morgan fingerprint density at radius 3 is 2.33 bits per heavy atom. The molecule has 0 atom stereocenters. The highest BCUT2D eigenvalue weighted by molar-refractivity contribution is 5.91. The van der Waals surface area contributed by atoms with E-state index in [1.165, 1.54) is 12.3 Å². The molecular formula is C35H30FN5O8. The van der Waals surface area contributed by atoms with Gasteiger partial charge < -0.3 is 29.2 Å². The molecule has 250 valence electrons. The van der Waals surface area contributed by atoms with E-state index in [1.807, 2.05) is 59.5 Å². The maximum atomic E-state index is 14.9. The van der Waals surface area contributed by atoms with Gasteiger partial charge in [-0.1, -0.05) is 71.9 Å². The zero-order chi connectivity index (χ0) is 34.2. The highest BCUT2D eigenvalue weighted by atomic mass is 19.1. The first-order chi connectivity index (χ1) is 23.7. The molecule has 0 bridgehead atoms. The van der Waals surface area contributed by atoms with E-state index in [-0.39, 0.29) is 24.6 Å². The molecule has 49 heavy (non-hydrogen) atoms. The lowest BCUT2D eigenvalue weighted by Crippen LogP contribution is -2.49. The van der Waals surface area contributed by atoms with Crippen molar-refractivity contribution in [2.24, 2.45) is 0 Å². The third kappa shape index (κ3) is 8.42. The lowest BCUT2D eigenvalue weighted by atomic mass is 10.0. The molecule has 2 N–H and O–H groups in total. The second-order valence-corrected chi connectivity index (χ2v) is 11.1. The molecule has 0 unspecified atom stereocenters. The summed E-state index contributed by atoms with van der Waals surface area (Å²) >= 11 is 0. The summed E-state index contributed by atoms with van der Waals surface area (Å²) in [4.78, 5) is 46.3. The van der Waals surface area contributed by atoms with Crippen LogP contribution in [0, 0.1) is 5.82 Å². The largest absolute Gasteiger partial charge is 0.512 e. The predicted octanol–water partition coefficient (Wildman–Crippen LogP) is 6.38. The van der Waals surface area contributed by atoms with Crippen molar-refractivity contribution in [1.29, 1.82) is 0 Å². The first kappa shape index (κ1) is 32.8. The quantitative estimate of drug-likeness (QED) is 0.125. The second-order valence-electron chi connectivity index (χ2n) is 11.1. The summed E-state index contributed by atoms with van der Waals surface area (Å²) in [7, 11) is 0. The lowest BCUT2D eigenvalue weighted by Gasteiger charge is -2.38. The second kappa shape index (κ2) is 14.7. The molecule has 1 aliphatic rings. The summed E-state index contributed by atoms with van der Waals surface area (Å²) in [5.74, 6) is -1.99. The first-order valence-electron chi connectivity index (χ1n) is 15.2. The van der Waals surface area contributed by atoms with Crippen LogP contribution in [0.1, 0.15) is 18.4 Å². The maximum absolute atomic E-state index is 14.9. The van der Waals surface area contributed by atoms with Gasteiger partial charge in [0, 0.05) is 55.4 Å². The van der Waals surface area contributed by atoms with Crippen LogP contribution >= 0.6 is 0 Å². The molecule has 2 aromatic heterocycles. The molecule has 1 amide bonds. The van der Waals surface area contributed by atoms with Gasteiger partial charge in [-0.2, -0.15) is 4.98 Å². The number of hydrogen-bond donors (Lipinski definition) is 2. The minimum Gasteiger partial charge on any atom is -0.450 e. The molecule has 5 aromatic rings. The predicted molar refractivity (Wildman–Crippen MR) is 172 cm³/mol. The Kier molecular flexibility index (Phi) is 9.85. The van der Waals surface area contributed by atoms with E-state index in [4.69, 9.17) is 18.7 Å². The number of halogens is 1. The van der Waals surface area contributed by atoms with Crippen molar-refractivity contribution in [3.63, 3.8) is 0 Å². The topological polar surface area (TPSA) is 166 Å². The van der Waals surface area contributed by atoms with Crippen molar-refractivity contribution in [2.45, 2.75) is 25.2 Å². The van der Waals surface area contributed by atoms with Crippen LogP contribution in [-0.2, 0) is 25.5 Å². The van der Waals surface area contributed by atoms with Crippen LogP contribution in [0.4, 0.5) is 19.8 Å². The molecule has 3 aromatic carbocycles. The average molecular weight is 668 g/mol. The smallest absolute Gasteiger partial charge is 0.450 e. The Balaban J connectivity index is 1.01. The van der Waals surface area contributed by atoms with Crippen molar-refractivity contribution in [1.82, 2.24) is 20.0 Å². The number of benzene rings is 3. The molecule has 0 spiro atoms. The van der Waals surface area contributed by atoms with Gasteiger partial charge in [0.2, 0.25) is 5.82 Å². The van der Waals surface area contributed by atoms with Crippen molar-refractivity contribution in [3.8, 4) is 34.0 Å². The molecule has 13 nitrogen and oxygen atoms in total. The van der Waals surface area contributed by atoms with Gasteiger partial charge in [-0.15, -0.1) is 0 Å². The number of rotatable bonds is 10. The van der Waals surface area contributed by atoms with E-state index >= 15 is 0 Å². The zero-order valence-corrected chi connectivity index (χ0v) is 26.0. The molecule has 1 fully saturated rings. The van der Waals surface area contributed by atoms with Gasteiger partial charge in [-0.3, -0.25) is 9.69 Å². The van der Waals surface area contributed by atoms with Gasteiger partial charge in [0.25, 0.3) is 17.6 Å². The van der Waals surface area contributed by atoms with Gasteiger partial charge >= 0.3 is 12.3 Å². The Morgan fingerprint density at radius 2 is 1.63 bits per heavy atom. The molecular weight excluding hydrogens is 637 g/mol. The van der Waals surface area contributed by atoms with Crippen molar-refractivity contribution in [3.05, 3.63) is 109 Å². The van der Waals surface area contributed by atoms with Crippen LogP contribution in [-0.4, -0.2) is 68.8 Å². The molecule has 6 rings (SSSR count). The Morgan fingerprint density at radius 1 is 0.898 bits per heavy atom. The molecule has 0 radical (unpaired) electrons. The third-order valence-electron chi connectivity index (χ3n) is 7.76. The number of carbonyl (C=O) groups is 3. The standard InChI is InChI=1S/C35H30FN5O8/c36-28-20-26(13-14-27(28)24-6-2-1-3-7-24)32-39-31(40-49-32)25-11-9-23(10-12-25)21-41-18-15-35(16-19-41,47-33(43)44)48-34(45)46-22-30(42)38-29-8-4-5-17-37-29/h1-14,17,20H,15-16,18-19,21-22H2,(H,43,44)(H,37,38,42). The Hall–Kier alpha value is -6.15. The number of likely N-dealkylation sites (tertiary alicyclic amines) is 1. The number of amides is 1. The molecule has 1 aliphatic heterocycles. The van der Waals surface area contributed by atoms with Crippen molar-refractivity contribution >= 4 is 24.0 Å². The summed E-state index contributed by atoms with van der Waals surface area (Å²) in [5.41, 5.74) is 3.36. The van der Waals surface area contributed by atoms with Crippen LogP contribution in [0.25, 0.3) is 34.0 Å². The van der Waals surface area contributed by atoms with Crippen LogP contribution in [0.2, 0.25) is 0 Å². The number of nitrogens with zero attached hydrogens (tertiary/aromatic N) is 4. The van der Waals surface area contributed by atoms with Crippen LogP contribution in [0.3, 0.4) is 0 Å². The lowest BCUT2D eigenvalue weighted by molar-refractivity contribution is -0.209. The van der Waals surface area contributed by atoms with Crippen LogP contribution < -0.4 is 5.32 Å². The first-order valence-corrected chi connectivity index (χ1v) is 15.2. The molecule has 14 heteroatoms. The number of piperidine rings is 1. The fourth-order valence-corrected chi connectivity index (χ4v) is 5.33. The van der Waals surface area contributed by atoms with Crippen LogP contribution in [0.5, 0.6) is 0 Å². The van der Waals surface area contributed by atoms with E-state index in [0.717, 1.165) is 11.1 Å². The van der Waals surface area contributed by atoms with Crippen LogP contribution in [0.15, 0.2) is 102 Å². The number of anilines is 1. The normalized spacial score (nSPS) is 14.1. The minimum atomic E-state index is -1.76. The van der Waals surface area contributed by atoms with E-state index in [1.54, 1.807) is 30.3 Å². The SMILES string of the molecule is O=C(COC(=O)OC1(OC(=O)O)CCN(Cc2ccc(-c3noc(-c4ccc(-c5ccccc5)c(F)c4)n3)cc2)CC1)Nc1ccccn1. The number of ether oxygens (including phenoxy) is 3. The fourth-order valence-electron chi connectivity index (χ4n) is 5.33. The molecule has 0 saturated carbocycles. The fraction of sp³-hybridized carbons (Fsp3) is 0.200. The molecule has 0 aliphatic carbocycles. The van der Waals surface area contributed by atoms with Gasteiger partial charge in [-0.05, 0) is 35.4 Å². The number of hydrogen-bond acceptors (Lipinski definition) is 11. The minimum absolute atomic E-state index is 0.0468. The highest BCUT2D eigenvalue weighted by Gasteiger charge is 2.43. The number of aromatic nitrogens is 3. The van der Waals surface area contributed by atoms with E-state index in [0.29, 0.717) is 42.1 Å². The summed E-state index contributed by atoms with van der Waals surface area (Å²) in [6.45, 7) is 0.547.